The Morgan fingerprint density at radius 2 is 2.00 bits per heavy atom. The minimum atomic E-state index is -0.284. The highest BCUT2D eigenvalue weighted by Crippen LogP contribution is 2.45. The van der Waals surface area contributed by atoms with Crippen molar-refractivity contribution >= 4 is 34.3 Å². The van der Waals surface area contributed by atoms with Gasteiger partial charge in [0.2, 0.25) is 5.91 Å². The van der Waals surface area contributed by atoms with E-state index in [-0.39, 0.29) is 36.0 Å². The number of carbonyl (C=O) groups is 2. The fourth-order valence-electron chi connectivity index (χ4n) is 4.78. The number of fused-ring (bicyclic) bond motifs is 1. The van der Waals surface area contributed by atoms with E-state index in [1.165, 1.54) is 6.08 Å². The summed E-state index contributed by atoms with van der Waals surface area (Å²) >= 11 is 0. The van der Waals surface area contributed by atoms with Gasteiger partial charge in [0.1, 0.15) is 12.4 Å². The Bertz CT molecular complexity index is 1400. The summed E-state index contributed by atoms with van der Waals surface area (Å²) in [4.78, 5) is 35.9. The lowest BCUT2D eigenvalue weighted by Gasteiger charge is -2.40. The van der Waals surface area contributed by atoms with Crippen LogP contribution >= 0.6 is 0 Å². The van der Waals surface area contributed by atoms with Crippen LogP contribution in [0.2, 0.25) is 0 Å². The molecular formula is C30H35N5O4. The Kier molecular flexibility index (Phi) is 7.52. The summed E-state index contributed by atoms with van der Waals surface area (Å²) in [6.07, 6.45) is 5.46. The lowest BCUT2D eigenvalue weighted by atomic mass is 10.0. The SMILES string of the molecule is COc1nc(N[C@H](C)c2ccccc2)c2cc(NC(=O)C=CCN3CC(=O)OCC3(C)C)c(C3CC3)cc2n1. The lowest BCUT2D eigenvalue weighted by Crippen LogP contribution is -2.54. The number of cyclic esters (lactones) is 1. The van der Waals surface area contributed by atoms with Gasteiger partial charge in [-0.3, -0.25) is 14.5 Å². The van der Waals surface area contributed by atoms with Crippen LogP contribution in [0.3, 0.4) is 0 Å². The summed E-state index contributed by atoms with van der Waals surface area (Å²) in [5, 5.41) is 7.38. The molecule has 204 valence electrons. The number of hydrogen-bond donors (Lipinski definition) is 2. The third kappa shape index (κ3) is 6.20. The highest BCUT2D eigenvalue weighted by Gasteiger charge is 2.34. The van der Waals surface area contributed by atoms with Crippen LogP contribution in [0.1, 0.15) is 56.7 Å². The number of rotatable bonds is 9. The average Bonchev–Trinajstić information content (AvgIpc) is 3.76. The first-order valence-corrected chi connectivity index (χ1v) is 13.3. The first-order valence-electron chi connectivity index (χ1n) is 13.3. The quantitative estimate of drug-likeness (QED) is 0.300. The summed E-state index contributed by atoms with van der Waals surface area (Å²) < 4.78 is 10.6. The summed E-state index contributed by atoms with van der Waals surface area (Å²) in [5.41, 5.74) is 3.42. The van der Waals surface area contributed by atoms with E-state index in [1.807, 2.05) is 49.1 Å². The van der Waals surface area contributed by atoms with Crippen molar-refractivity contribution in [3.63, 3.8) is 0 Å². The maximum atomic E-state index is 13.0. The van der Waals surface area contributed by atoms with E-state index in [4.69, 9.17) is 9.47 Å². The van der Waals surface area contributed by atoms with Crippen LogP contribution in [-0.4, -0.2) is 59.1 Å². The van der Waals surface area contributed by atoms with E-state index in [1.54, 1.807) is 13.2 Å². The number of anilines is 2. The zero-order valence-electron chi connectivity index (χ0n) is 22.9. The molecule has 2 heterocycles. The molecule has 1 amide bonds. The molecule has 2 aliphatic rings. The first-order chi connectivity index (χ1) is 18.7. The number of morpholine rings is 1. The normalized spacial score (nSPS) is 18.1. The number of hydrogen-bond acceptors (Lipinski definition) is 8. The zero-order chi connectivity index (χ0) is 27.6. The summed E-state index contributed by atoms with van der Waals surface area (Å²) in [5.74, 6) is 0.549. The predicted molar refractivity (Wildman–Crippen MR) is 151 cm³/mol. The molecule has 1 aromatic heterocycles. The van der Waals surface area contributed by atoms with Crippen LogP contribution in [0.25, 0.3) is 10.9 Å². The van der Waals surface area contributed by atoms with Gasteiger partial charge in [0, 0.05) is 29.7 Å². The maximum absolute atomic E-state index is 13.0. The molecule has 2 aromatic carbocycles. The third-order valence-electron chi connectivity index (χ3n) is 7.31. The fraction of sp³-hybridized carbons (Fsp3) is 0.400. The van der Waals surface area contributed by atoms with Gasteiger partial charge in [-0.05, 0) is 62.8 Å². The zero-order valence-corrected chi connectivity index (χ0v) is 22.9. The van der Waals surface area contributed by atoms with Crippen LogP contribution in [0.4, 0.5) is 11.5 Å². The lowest BCUT2D eigenvalue weighted by molar-refractivity contribution is -0.159. The molecule has 1 saturated carbocycles. The van der Waals surface area contributed by atoms with E-state index in [9.17, 15) is 9.59 Å². The molecule has 1 aliphatic heterocycles. The number of nitrogens with zero attached hydrogens (tertiary/aromatic N) is 3. The fourth-order valence-corrected chi connectivity index (χ4v) is 4.78. The maximum Gasteiger partial charge on any atom is 0.320 e. The Hall–Kier alpha value is -3.98. The van der Waals surface area contributed by atoms with Crippen LogP contribution in [0.5, 0.6) is 6.01 Å². The summed E-state index contributed by atoms with van der Waals surface area (Å²) in [6, 6.07) is 14.4. The van der Waals surface area contributed by atoms with Gasteiger partial charge < -0.3 is 20.1 Å². The second-order valence-corrected chi connectivity index (χ2v) is 10.8. The highest BCUT2D eigenvalue weighted by atomic mass is 16.5. The van der Waals surface area contributed by atoms with Crippen molar-refractivity contribution in [3.05, 3.63) is 65.7 Å². The van der Waals surface area contributed by atoms with E-state index < -0.39 is 0 Å². The molecule has 0 unspecified atom stereocenters. The van der Waals surface area contributed by atoms with Crippen molar-refractivity contribution in [2.75, 3.05) is 37.4 Å². The molecule has 9 heteroatoms. The van der Waals surface area contributed by atoms with Gasteiger partial charge in [-0.15, -0.1) is 0 Å². The molecule has 9 nitrogen and oxygen atoms in total. The summed E-state index contributed by atoms with van der Waals surface area (Å²) in [6.45, 7) is 7.13. The predicted octanol–water partition coefficient (Wildman–Crippen LogP) is 4.82. The van der Waals surface area contributed by atoms with Crippen molar-refractivity contribution in [1.29, 1.82) is 0 Å². The number of methoxy groups -OCH3 is 1. The third-order valence-corrected chi connectivity index (χ3v) is 7.31. The number of nitrogens with one attached hydrogen (secondary N) is 2. The van der Waals surface area contributed by atoms with Crippen molar-refractivity contribution in [2.45, 2.75) is 51.1 Å². The number of ether oxygens (including phenoxy) is 2. The van der Waals surface area contributed by atoms with Crippen LogP contribution in [0, 0.1) is 0 Å². The molecule has 3 aromatic rings. The molecule has 1 aliphatic carbocycles. The van der Waals surface area contributed by atoms with Gasteiger partial charge in [0.05, 0.1) is 24.7 Å². The molecule has 0 radical (unpaired) electrons. The van der Waals surface area contributed by atoms with Crippen molar-refractivity contribution in [3.8, 4) is 6.01 Å². The molecule has 0 bridgehead atoms. The molecule has 1 saturated heterocycles. The van der Waals surface area contributed by atoms with E-state index >= 15 is 0 Å². The van der Waals surface area contributed by atoms with Gasteiger partial charge in [-0.1, -0.05) is 36.4 Å². The van der Waals surface area contributed by atoms with Gasteiger partial charge >= 0.3 is 12.0 Å². The average molecular weight is 530 g/mol. The minimum Gasteiger partial charge on any atom is -0.467 e. The highest BCUT2D eigenvalue weighted by molar-refractivity contribution is 6.03. The van der Waals surface area contributed by atoms with Gasteiger partial charge in [-0.25, -0.2) is 0 Å². The van der Waals surface area contributed by atoms with Crippen LogP contribution < -0.4 is 15.4 Å². The second-order valence-electron chi connectivity index (χ2n) is 10.8. The van der Waals surface area contributed by atoms with Crippen molar-refractivity contribution in [2.24, 2.45) is 0 Å². The van der Waals surface area contributed by atoms with Gasteiger partial charge in [0.15, 0.2) is 0 Å². The van der Waals surface area contributed by atoms with Gasteiger partial charge in [0.25, 0.3) is 0 Å². The smallest absolute Gasteiger partial charge is 0.320 e. The molecule has 1 atom stereocenters. The van der Waals surface area contributed by atoms with Gasteiger partial charge in [-0.2, -0.15) is 9.97 Å². The number of aromatic nitrogens is 2. The second kappa shape index (κ2) is 11.0. The van der Waals surface area contributed by atoms with Crippen molar-refractivity contribution < 1.29 is 19.1 Å². The standard InChI is InChI=1S/C30H35N5O4/c1-19(20-9-6-5-7-10-20)31-28-23-16-24(22(21-12-13-21)15-25(23)33-29(34-28)38-4)32-26(36)11-8-14-35-17-27(37)39-18-30(35,2)3/h5-11,15-16,19,21H,12-14,17-18H2,1-4H3,(H,32,36)(H,31,33,34)/t19-/m1/s1. The first kappa shape index (κ1) is 26.6. The molecule has 0 spiro atoms. The summed E-state index contributed by atoms with van der Waals surface area (Å²) in [7, 11) is 1.56. The number of amides is 1. The van der Waals surface area contributed by atoms with Crippen LogP contribution in [-0.2, 0) is 14.3 Å². The largest absolute Gasteiger partial charge is 0.467 e. The molecule has 39 heavy (non-hydrogen) atoms. The number of carbonyl (C=O) groups excluding carboxylic acids is 2. The van der Waals surface area contributed by atoms with E-state index in [2.05, 4.69) is 39.7 Å². The van der Waals surface area contributed by atoms with E-state index in [0.29, 0.717) is 24.9 Å². The minimum absolute atomic E-state index is 0.00518. The molecule has 5 rings (SSSR count). The Labute approximate surface area is 228 Å². The topological polar surface area (TPSA) is 106 Å². The van der Waals surface area contributed by atoms with Crippen LogP contribution in [0.15, 0.2) is 54.6 Å². The molecular weight excluding hydrogens is 494 g/mol. The Morgan fingerprint density at radius 1 is 1.23 bits per heavy atom. The molecule has 2 fully saturated rings. The number of benzene rings is 2. The van der Waals surface area contributed by atoms with Crippen molar-refractivity contribution in [1.82, 2.24) is 14.9 Å². The monoisotopic (exact) mass is 529 g/mol. The Morgan fingerprint density at radius 3 is 2.72 bits per heavy atom. The number of esters is 1. The molecule has 2 N–H and O–H groups in total. The van der Waals surface area contributed by atoms with E-state index in [0.717, 1.165) is 40.6 Å². The Balaban J connectivity index is 1.40.